The molecule has 7 heteroatoms. The molecule has 0 spiro atoms. The zero-order chi connectivity index (χ0) is 21.0. The van der Waals surface area contributed by atoms with E-state index in [-0.39, 0.29) is 10.4 Å². The molecule has 1 aromatic heterocycles. The van der Waals surface area contributed by atoms with E-state index in [1.165, 1.54) is 0 Å². The van der Waals surface area contributed by atoms with Crippen LogP contribution in [0.4, 0.5) is 0 Å². The first-order chi connectivity index (χ1) is 14.5. The number of aryl methyl sites for hydroxylation is 1. The van der Waals surface area contributed by atoms with E-state index in [1.807, 2.05) is 72.2 Å². The van der Waals surface area contributed by atoms with Crippen LogP contribution in [0.3, 0.4) is 0 Å². The molecule has 0 aliphatic rings. The normalized spacial score (nSPS) is 12.0. The molecule has 0 aliphatic heterocycles. The van der Waals surface area contributed by atoms with Crippen molar-refractivity contribution in [2.24, 2.45) is 5.10 Å². The summed E-state index contributed by atoms with van der Waals surface area (Å²) in [4.78, 5) is 6.74. The minimum absolute atomic E-state index is 0.149. The number of para-hydroxylation sites is 1. The lowest BCUT2D eigenvalue weighted by Crippen LogP contribution is -2.23. The Morgan fingerprint density at radius 2 is 1.50 bits per heavy atom. The van der Waals surface area contributed by atoms with Gasteiger partial charge in [0.15, 0.2) is 5.49 Å². The van der Waals surface area contributed by atoms with Gasteiger partial charge in [0.25, 0.3) is 10.0 Å². The van der Waals surface area contributed by atoms with Crippen LogP contribution < -0.4 is 10.3 Å². The van der Waals surface area contributed by atoms with Gasteiger partial charge in [-0.05, 0) is 36.8 Å². The van der Waals surface area contributed by atoms with Gasteiger partial charge in [0.2, 0.25) is 0 Å². The first kappa shape index (κ1) is 19.6. The predicted octanol–water partition coefficient (Wildman–Crippen LogP) is 3.64. The SMILES string of the molecule is Cc1ccc(S(=O)(=O)N/N=c2/cc(-c3ccccc3)n(-c3ccccc3)cn2)cc1. The van der Waals surface area contributed by atoms with Crippen molar-refractivity contribution < 1.29 is 8.42 Å². The Hall–Kier alpha value is -3.71. The molecule has 0 atom stereocenters. The average molecular weight is 417 g/mol. The number of nitrogens with one attached hydrogen (secondary N) is 1. The van der Waals surface area contributed by atoms with Crippen LogP contribution in [0.1, 0.15) is 5.56 Å². The fourth-order valence-electron chi connectivity index (χ4n) is 2.97. The van der Waals surface area contributed by atoms with Gasteiger partial charge in [0, 0.05) is 11.8 Å². The predicted molar refractivity (Wildman–Crippen MR) is 116 cm³/mol. The minimum Gasteiger partial charge on any atom is -0.300 e. The summed E-state index contributed by atoms with van der Waals surface area (Å²) < 4.78 is 27.0. The van der Waals surface area contributed by atoms with Crippen LogP contribution in [0, 0.1) is 6.92 Å². The molecule has 4 aromatic rings. The monoisotopic (exact) mass is 416 g/mol. The highest BCUT2D eigenvalue weighted by Gasteiger charge is 2.12. The van der Waals surface area contributed by atoms with Crippen molar-refractivity contribution in [2.75, 3.05) is 0 Å². The van der Waals surface area contributed by atoms with Crippen molar-refractivity contribution in [1.29, 1.82) is 0 Å². The van der Waals surface area contributed by atoms with Gasteiger partial charge in [0.1, 0.15) is 6.33 Å². The van der Waals surface area contributed by atoms with Gasteiger partial charge in [-0.2, -0.15) is 13.2 Å². The van der Waals surface area contributed by atoms with E-state index in [0.717, 1.165) is 22.5 Å². The summed E-state index contributed by atoms with van der Waals surface area (Å²) in [7, 11) is -3.78. The smallest absolute Gasteiger partial charge is 0.276 e. The van der Waals surface area contributed by atoms with Crippen molar-refractivity contribution in [3.63, 3.8) is 0 Å². The highest BCUT2D eigenvalue weighted by atomic mass is 32.2. The molecule has 150 valence electrons. The van der Waals surface area contributed by atoms with Gasteiger partial charge in [-0.3, -0.25) is 0 Å². The third-order valence-corrected chi connectivity index (χ3v) is 5.77. The molecule has 3 aromatic carbocycles. The highest BCUT2D eigenvalue weighted by molar-refractivity contribution is 7.89. The van der Waals surface area contributed by atoms with Crippen LogP contribution in [0.25, 0.3) is 16.9 Å². The Morgan fingerprint density at radius 1 is 0.867 bits per heavy atom. The summed E-state index contributed by atoms with van der Waals surface area (Å²) in [5.74, 6) is 0. The van der Waals surface area contributed by atoms with Crippen molar-refractivity contribution in [3.8, 4) is 16.9 Å². The first-order valence-corrected chi connectivity index (χ1v) is 10.8. The second-order valence-electron chi connectivity index (χ2n) is 6.72. The molecular weight excluding hydrogens is 396 g/mol. The lowest BCUT2D eigenvalue weighted by atomic mass is 10.1. The molecule has 0 unspecified atom stereocenters. The Bertz CT molecular complexity index is 1320. The molecule has 0 fully saturated rings. The van der Waals surface area contributed by atoms with E-state index in [9.17, 15) is 8.42 Å². The van der Waals surface area contributed by atoms with Crippen molar-refractivity contribution in [1.82, 2.24) is 14.4 Å². The van der Waals surface area contributed by atoms with Crippen LogP contribution in [-0.4, -0.2) is 18.0 Å². The summed E-state index contributed by atoms with van der Waals surface area (Å²) in [6.45, 7) is 1.90. The molecule has 4 rings (SSSR count). The number of benzene rings is 3. The molecule has 0 saturated carbocycles. The topological polar surface area (TPSA) is 76.3 Å². The van der Waals surface area contributed by atoms with Crippen LogP contribution >= 0.6 is 0 Å². The van der Waals surface area contributed by atoms with Crippen LogP contribution in [-0.2, 0) is 10.0 Å². The summed E-state index contributed by atoms with van der Waals surface area (Å²) in [6.07, 6.45) is 1.64. The van der Waals surface area contributed by atoms with E-state index in [4.69, 9.17) is 0 Å². The summed E-state index contributed by atoms with van der Waals surface area (Å²) in [5.41, 5.74) is 3.98. The van der Waals surface area contributed by atoms with Gasteiger partial charge in [-0.1, -0.05) is 66.2 Å². The zero-order valence-corrected chi connectivity index (χ0v) is 17.1. The third kappa shape index (κ3) is 4.31. The Morgan fingerprint density at radius 3 is 2.17 bits per heavy atom. The lowest BCUT2D eigenvalue weighted by Gasteiger charge is -2.13. The third-order valence-electron chi connectivity index (χ3n) is 4.55. The summed E-state index contributed by atoms with van der Waals surface area (Å²) in [5, 5.41) is 4.04. The van der Waals surface area contributed by atoms with Crippen molar-refractivity contribution >= 4 is 10.0 Å². The maximum Gasteiger partial charge on any atom is 0.276 e. The van der Waals surface area contributed by atoms with Crippen molar-refractivity contribution in [3.05, 3.63) is 108 Å². The maximum atomic E-state index is 12.5. The fourth-order valence-corrected chi connectivity index (χ4v) is 3.79. The van der Waals surface area contributed by atoms with E-state index in [0.29, 0.717) is 0 Å². The standard InChI is InChI=1S/C23H20N4O2S/c1-18-12-14-21(15-13-18)30(28,29)26-25-23-16-22(19-8-4-2-5-9-19)27(17-24-23)20-10-6-3-7-11-20/h2-17,26H,1H3/b25-23-. The highest BCUT2D eigenvalue weighted by Crippen LogP contribution is 2.20. The largest absolute Gasteiger partial charge is 0.300 e. The Labute approximate surface area is 175 Å². The summed E-state index contributed by atoms with van der Waals surface area (Å²) in [6, 6.07) is 27.9. The lowest BCUT2D eigenvalue weighted by molar-refractivity contribution is 0.582. The summed E-state index contributed by atoms with van der Waals surface area (Å²) >= 11 is 0. The molecule has 6 nitrogen and oxygen atoms in total. The van der Waals surface area contributed by atoms with E-state index < -0.39 is 10.0 Å². The van der Waals surface area contributed by atoms with Gasteiger partial charge >= 0.3 is 0 Å². The van der Waals surface area contributed by atoms with Gasteiger partial charge in [0.05, 0.1) is 10.6 Å². The molecule has 0 bridgehead atoms. The van der Waals surface area contributed by atoms with Gasteiger partial charge in [-0.15, -0.1) is 5.10 Å². The number of sulfonamides is 1. The number of nitrogens with zero attached hydrogens (tertiary/aromatic N) is 3. The van der Waals surface area contributed by atoms with Crippen molar-refractivity contribution in [2.45, 2.75) is 11.8 Å². The molecule has 1 heterocycles. The molecule has 30 heavy (non-hydrogen) atoms. The van der Waals surface area contributed by atoms with Gasteiger partial charge < -0.3 is 4.57 Å². The molecule has 1 N–H and O–H groups in total. The molecule has 0 radical (unpaired) electrons. The van der Waals surface area contributed by atoms with Crippen LogP contribution in [0.5, 0.6) is 0 Å². The van der Waals surface area contributed by atoms with E-state index in [1.54, 1.807) is 36.7 Å². The van der Waals surface area contributed by atoms with Gasteiger partial charge in [-0.25, -0.2) is 4.98 Å². The van der Waals surface area contributed by atoms with Crippen LogP contribution in [0.2, 0.25) is 0 Å². The second-order valence-corrected chi connectivity index (χ2v) is 8.38. The number of hydrogen-bond acceptors (Lipinski definition) is 4. The minimum atomic E-state index is -3.78. The Kier molecular flexibility index (Phi) is 5.45. The molecule has 0 aliphatic carbocycles. The maximum absolute atomic E-state index is 12.5. The number of aromatic nitrogens is 2. The number of rotatable bonds is 5. The van der Waals surface area contributed by atoms with Crippen LogP contribution in [0.15, 0.2) is 107 Å². The molecule has 0 saturated heterocycles. The first-order valence-electron chi connectivity index (χ1n) is 9.35. The zero-order valence-electron chi connectivity index (χ0n) is 16.3. The fraction of sp³-hybridized carbons (Fsp3) is 0.0435. The molecular formula is C23H20N4O2S. The quantitative estimate of drug-likeness (QED) is 0.505. The Balaban J connectivity index is 1.75. The number of hydrogen-bond donors (Lipinski definition) is 1. The van der Waals surface area contributed by atoms with E-state index >= 15 is 0 Å². The van der Waals surface area contributed by atoms with E-state index in [2.05, 4.69) is 14.9 Å². The average Bonchev–Trinajstić information content (AvgIpc) is 2.79. The second kappa shape index (κ2) is 8.34. The molecule has 0 amide bonds.